The van der Waals surface area contributed by atoms with Crippen LogP contribution in [-0.2, 0) is 16.1 Å². The highest BCUT2D eigenvalue weighted by Crippen LogP contribution is 2.25. The number of hydrogen-bond donors (Lipinski definition) is 1. The number of benzene rings is 3. The zero-order valence-electron chi connectivity index (χ0n) is 17.0. The van der Waals surface area contributed by atoms with E-state index >= 15 is 0 Å². The Balaban J connectivity index is 1.35. The van der Waals surface area contributed by atoms with Crippen molar-refractivity contribution in [1.82, 2.24) is 14.9 Å². The van der Waals surface area contributed by atoms with E-state index in [1.165, 1.54) is 0 Å². The summed E-state index contributed by atoms with van der Waals surface area (Å²) >= 11 is 0. The molecule has 1 aromatic heterocycles. The van der Waals surface area contributed by atoms with Gasteiger partial charge in [-0.15, -0.1) is 0 Å². The first kappa shape index (κ1) is 19.9. The number of carbonyl (C=O) groups is 1. The van der Waals surface area contributed by atoms with Gasteiger partial charge in [0.25, 0.3) is 0 Å². The number of nitrogens with one attached hydrogen (secondary N) is 1. The molecule has 4 aromatic rings. The average Bonchev–Trinajstić information content (AvgIpc) is 3.10. The monoisotopic (exact) mass is 399 g/mol. The summed E-state index contributed by atoms with van der Waals surface area (Å²) < 4.78 is 8.14. The quantitative estimate of drug-likeness (QED) is 0.481. The molecule has 0 aliphatic rings. The van der Waals surface area contributed by atoms with Gasteiger partial charge in [-0.05, 0) is 30.2 Å². The summed E-state index contributed by atoms with van der Waals surface area (Å²) in [7, 11) is 0. The van der Waals surface area contributed by atoms with Crippen molar-refractivity contribution in [3.63, 3.8) is 0 Å². The zero-order valence-corrected chi connectivity index (χ0v) is 17.0. The summed E-state index contributed by atoms with van der Waals surface area (Å²) in [6, 6.07) is 27.9. The summed E-state index contributed by atoms with van der Waals surface area (Å²) in [5.74, 6) is 0.809. The number of para-hydroxylation sites is 2. The van der Waals surface area contributed by atoms with E-state index in [0.717, 1.165) is 28.0 Å². The second-order valence-corrected chi connectivity index (χ2v) is 7.16. The molecule has 0 saturated heterocycles. The Morgan fingerprint density at radius 3 is 2.20 bits per heavy atom. The van der Waals surface area contributed by atoms with Gasteiger partial charge in [-0.25, -0.2) is 4.98 Å². The van der Waals surface area contributed by atoms with E-state index in [4.69, 9.17) is 4.74 Å². The number of aryl methyl sites for hydroxylation is 1. The number of fused-ring (bicyclic) bond motifs is 1. The highest BCUT2D eigenvalue weighted by Gasteiger charge is 2.16. The van der Waals surface area contributed by atoms with Crippen LogP contribution in [0.15, 0.2) is 84.9 Å². The topological polar surface area (TPSA) is 56.2 Å². The molecule has 30 heavy (non-hydrogen) atoms. The molecule has 1 N–H and O–H groups in total. The normalized spacial score (nSPS) is 11.1. The third-order valence-corrected chi connectivity index (χ3v) is 5.09. The van der Waals surface area contributed by atoms with Crippen LogP contribution < -0.4 is 5.32 Å². The number of carbonyl (C=O) groups excluding carboxylic acids is 1. The minimum Gasteiger partial charge on any atom is -0.359 e. The first-order valence-corrected chi connectivity index (χ1v) is 10.1. The molecule has 0 saturated carbocycles. The van der Waals surface area contributed by atoms with E-state index in [0.29, 0.717) is 13.1 Å². The fraction of sp³-hybridized carbons (Fsp3) is 0.200. The van der Waals surface area contributed by atoms with Crippen LogP contribution in [0.4, 0.5) is 0 Å². The lowest BCUT2D eigenvalue weighted by Crippen LogP contribution is -2.31. The standard InChI is InChI=1S/C25H25N3O2/c1-19-27-22-14-8-9-15-23(22)28(19)17-16-26-24(29)18-30-25(20-10-4-2-5-11-20)21-12-6-3-7-13-21/h2-15,25H,16-18H2,1H3,(H,26,29). The number of ether oxygens (including phenoxy) is 1. The molecule has 1 heterocycles. The summed E-state index contributed by atoms with van der Waals surface area (Å²) in [5.41, 5.74) is 4.10. The third kappa shape index (κ3) is 4.58. The van der Waals surface area contributed by atoms with Gasteiger partial charge in [0.15, 0.2) is 0 Å². The Morgan fingerprint density at radius 2 is 1.53 bits per heavy atom. The molecule has 5 nitrogen and oxygen atoms in total. The van der Waals surface area contributed by atoms with Gasteiger partial charge in [0.2, 0.25) is 5.91 Å². The van der Waals surface area contributed by atoms with Crippen molar-refractivity contribution in [3.8, 4) is 0 Å². The highest BCUT2D eigenvalue weighted by atomic mass is 16.5. The number of nitrogens with zero attached hydrogens (tertiary/aromatic N) is 2. The van der Waals surface area contributed by atoms with Crippen LogP contribution in [0.2, 0.25) is 0 Å². The summed E-state index contributed by atoms with van der Waals surface area (Å²) in [5, 5.41) is 2.96. The Labute approximate surface area is 176 Å². The van der Waals surface area contributed by atoms with Crippen LogP contribution >= 0.6 is 0 Å². The van der Waals surface area contributed by atoms with Gasteiger partial charge in [0.05, 0.1) is 11.0 Å². The number of imidazole rings is 1. The van der Waals surface area contributed by atoms with Crippen LogP contribution in [0.5, 0.6) is 0 Å². The van der Waals surface area contributed by atoms with Crippen LogP contribution in [0.3, 0.4) is 0 Å². The second-order valence-electron chi connectivity index (χ2n) is 7.16. The van der Waals surface area contributed by atoms with Gasteiger partial charge in [-0.2, -0.15) is 0 Å². The van der Waals surface area contributed by atoms with Crippen LogP contribution in [0, 0.1) is 6.92 Å². The molecule has 0 spiro atoms. The SMILES string of the molecule is Cc1nc2ccccc2n1CCNC(=O)COC(c1ccccc1)c1ccccc1. The molecular weight excluding hydrogens is 374 g/mol. The molecule has 4 rings (SSSR count). The van der Waals surface area contributed by atoms with Gasteiger partial charge in [0.1, 0.15) is 18.5 Å². The molecule has 0 unspecified atom stereocenters. The smallest absolute Gasteiger partial charge is 0.246 e. The molecule has 5 heteroatoms. The van der Waals surface area contributed by atoms with Crippen molar-refractivity contribution in [2.75, 3.05) is 13.2 Å². The van der Waals surface area contributed by atoms with Crippen LogP contribution in [0.1, 0.15) is 23.1 Å². The highest BCUT2D eigenvalue weighted by molar-refractivity contribution is 5.77. The molecule has 152 valence electrons. The number of hydrogen-bond acceptors (Lipinski definition) is 3. The minimum atomic E-state index is -0.280. The molecular formula is C25H25N3O2. The van der Waals surface area contributed by atoms with Crippen LogP contribution in [-0.4, -0.2) is 28.6 Å². The maximum atomic E-state index is 12.4. The molecule has 0 atom stereocenters. The summed E-state index contributed by atoms with van der Waals surface area (Å²) in [6.07, 6.45) is -0.280. The predicted octanol–water partition coefficient (Wildman–Crippen LogP) is 4.27. The van der Waals surface area contributed by atoms with E-state index in [1.54, 1.807) is 0 Å². The average molecular weight is 399 g/mol. The first-order chi connectivity index (χ1) is 14.7. The van der Waals surface area contributed by atoms with E-state index in [9.17, 15) is 4.79 Å². The predicted molar refractivity (Wildman–Crippen MR) is 118 cm³/mol. The number of aromatic nitrogens is 2. The third-order valence-electron chi connectivity index (χ3n) is 5.09. The fourth-order valence-corrected chi connectivity index (χ4v) is 3.64. The molecule has 0 aliphatic heterocycles. The lowest BCUT2D eigenvalue weighted by molar-refractivity contribution is -0.127. The molecule has 3 aromatic carbocycles. The van der Waals surface area contributed by atoms with Crippen molar-refractivity contribution < 1.29 is 9.53 Å². The number of amides is 1. The van der Waals surface area contributed by atoms with Crippen molar-refractivity contribution in [3.05, 3.63) is 102 Å². The van der Waals surface area contributed by atoms with Gasteiger partial charge >= 0.3 is 0 Å². The fourth-order valence-electron chi connectivity index (χ4n) is 3.64. The van der Waals surface area contributed by atoms with E-state index in [1.807, 2.05) is 91.9 Å². The lowest BCUT2D eigenvalue weighted by atomic mass is 10.0. The largest absolute Gasteiger partial charge is 0.359 e. The van der Waals surface area contributed by atoms with E-state index in [-0.39, 0.29) is 18.6 Å². The van der Waals surface area contributed by atoms with Crippen LogP contribution in [0.25, 0.3) is 11.0 Å². The van der Waals surface area contributed by atoms with Crippen molar-refractivity contribution >= 4 is 16.9 Å². The Kier molecular flexibility index (Phi) is 6.20. The molecule has 0 aliphatic carbocycles. The van der Waals surface area contributed by atoms with Gasteiger partial charge in [-0.3, -0.25) is 4.79 Å². The Bertz CT molecular complexity index is 1070. The zero-order chi connectivity index (χ0) is 20.8. The molecule has 0 bridgehead atoms. The maximum Gasteiger partial charge on any atom is 0.246 e. The second kappa shape index (κ2) is 9.37. The summed E-state index contributed by atoms with van der Waals surface area (Å²) in [4.78, 5) is 17.0. The minimum absolute atomic E-state index is 0.00187. The van der Waals surface area contributed by atoms with Crippen molar-refractivity contribution in [2.24, 2.45) is 0 Å². The van der Waals surface area contributed by atoms with Crippen molar-refractivity contribution in [2.45, 2.75) is 19.6 Å². The first-order valence-electron chi connectivity index (χ1n) is 10.1. The van der Waals surface area contributed by atoms with E-state index < -0.39 is 0 Å². The van der Waals surface area contributed by atoms with Gasteiger partial charge in [-0.1, -0.05) is 72.8 Å². The van der Waals surface area contributed by atoms with E-state index in [2.05, 4.69) is 14.9 Å². The summed E-state index contributed by atoms with van der Waals surface area (Å²) in [6.45, 7) is 3.16. The van der Waals surface area contributed by atoms with Gasteiger partial charge < -0.3 is 14.6 Å². The Morgan fingerprint density at radius 1 is 0.933 bits per heavy atom. The maximum absolute atomic E-state index is 12.4. The molecule has 0 radical (unpaired) electrons. The lowest BCUT2D eigenvalue weighted by Gasteiger charge is -2.19. The number of rotatable bonds is 8. The molecule has 1 amide bonds. The Hall–Kier alpha value is -3.44. The van der Waals surface area contributed by atoms with Crippen molar-refractivity contribution in [1.29, 1.82) is 0 Å². The van der Waals surface area contributed by atoms with Gasteiger partial charge in [0, 0.05) is 13.1 Å². The molecule has 0 fully saturated rings.